The summed E-state index contributed by atoms with van der Waals surface area (Å²) in [6, 6.07) is 13.8. The smallest absolute Gasteiger partial charge is 0.262 e. The van der Waals surface area contributed by atoms with Gasteiger partial charge < -0.3 is 9.80 Å². The van der Waals surface area contributed by atoms with E-state index in [2.05, 4.69) is 0 Å². The Labute approximate surface area is 171 Å². The number of anilines is 1. The fourth-order valence-electron chi connectivity index (χ4n) is 3.63. The Hall–Kier alpha value is -3.15. The molecule has 1 aliphatic heterocycles. The van der Waals surface area contributed by atoms with Crippen molar-refractivity contribution in [1.29, 1.82) is 0 Å². The van der Waals surface area contributed by atoms with E-state index in [1.807, 2.05) is 57.1 Å². The molecule has 152 valence electrons. The van der Waals surface area contributed by atoms with Crippen molar-refractivity contribution < 1.29 is 14.4 Å². The minimum Gasteiger partial charge on any atom is -0.378 e. The molecule has 3 amide bonds. The van der Waals surface area contributed by atoms with Gasteiger partial charge >= 0.3 is 0 Å². The molecule has 0 bridgehead atoms. The average molecular weight is 393 g/mol. The maximum Gasteiger partial charge on any atom is 0.262 e. The van der Waals surface area contributed by atoms with E-state index in [-0.39, 0.29) is 11.8 Å². The molecule has 6 nitrogen and oxygen atoms in total. The normalized spacial score (nSPS) is 14.2. The minimum atomic E-state index is -0.839. The fourth-order valence-corrected chi connectivity index (χ4v) is 3.63. The van der Waals surface area contributed by atoms with Crippen LogP contribution >= 0.6 is 0 Å². The van der Waals surface area contributed by atoms with E-state index in [4.69, 9.17) is 0 Å². The van der Waals surface area contributed by atoms with Crippen LogP contribution in [0.5, 0.6) is 0 Å². The van der Waals surface area contributed by atoms with Gasteiger partial charge in [-0.25, -0.2) is 0 Å². The van der Waals surface area contributed by atoms with E-state index >= 15 is 0 Å². The molecule has 29 heavy (non-hydrogen) atoms. The number of benzene rings is 2. The number of likely N-dealkylation sites (N-methyl/N-ethyl adjacent to an activating group) is 1. The van der Waals surface area contributed by atoms with Crippen molar-refractivity contribution in [3.8, 4) is 0 Å². The number of hydrogen-bond acceptors (Lipinski definition) is 4. The zero-order chi connectivity index (χ0) is 21.3. The Balaban J connectivity index is 1.81. The summed E-state index contributed by atoms with van der Waals surface area (Å²) >= 11 is 0. The van der Waals surface area contributed by atoms with Crippen molar-refractivity contribution >= 4 is 23.4 Å². The monoisotopic (exact) mass is 393 g/mol. The quantitative estimate of drug-likeness (QED) is 0.708. The van der Waals surface area contributed by atoms with Gasteiger partial charge in [0.25, 0.3) is 11.8 Å². The summed E-state index contributed by atoms with van der Waals surface area (Å²) in [6.07, 6.45) is 0. The second-order valence-corrected chi connectivity index (χ2v) is 7.97. The molecular weight excluding hydrogens is 366 g/mol. The third-order valence-electron chi connectivity index (χ3n) is 5.24. The molecule has 2 aromatic carbocycles. The third kappa shape index (κ3) is 3.88. The van der Waals surface area contributed by atoms with Gasteiger partial charge in [-0.15, -0.1) is 0 Å². The first-order chi connectivity index (χ1) is 13.7. The van der Waals surface area contributed by atoms with Crippen LogP contribution in [0, 0.1) is 5.92 Å². The number of carbonyl (C=O) groups is 3. The first kappa shape index (κ1) is 20.6. The van der Waals surface area contributed by atoms with E-state index in [1.54, 1.807) is 36.2 Å². The zero-order valence-electron chi connectivity index (χ0n) is 17.5. The van der Waals surface area contributed by atoms with Gasteiger partial charge in [0.15, 0.2) is 0 Å². The van der Waals surface area contributed by atoms with E-state index in [0.717, 1.165) is 16.2 Å². The lowest BCUT2D eigenvalue weighted by atomic mass is 10.0. The van der Waals surface area contributed by atoms with E-state index in [1.165, 1.54) is 0 Å². The van der Waals surface area contributed by atoms with Gasteiger partial charge in [-0.1, -0.05) is 38.1 Å². The number of fused-ring (bicyclic) bond motifs is 1. The summed E-state index contributed by atoms with van der Waals surface area (Å²) in [6.45, 7) is 4.11. The molecule has 0 radical (unpaired) electrons. The topological polar surface area (TPSA) is 60.9 Å². The number of nitrogens with zero attached hydrogens (tertiary/aromatic N) is 3. The molecule has 0 spiro atoms. The lowest BCUT2D eigenvalue weighted by Gasteiger charge is -2.32. The van der Waals surface area contributed by atoms with Crippen LogP contribution in [0.25, 0.3) is 0 Å². The Morgan fingerprint density at radius 3 is 1.86 bits per heavy atom. The Morgan fingerprint density at radius 1 is 0.897 bits per heavy atom. The zero-order valence-corrected chi connectivity index (χ0v) is 17.5. The highest BCUT2D eigenvalue weighted by molar-refractivity contribution is 6.22. The average Bonchev–Trinajstić information content (AvgIpc) is 2.94. The van der Waals surface area contributed by atoms with E-state index in [9.17, 15) is 14.4 Å². The van der Waals surface area contributed by atoms with E-state index in [0.29, 0.717) is 17.7 Å². The molecule has 1 atom stereocenters. The van der Waals surface area contributed by atoms with Crippen LogP contribution in [-0.4, -0.2) is 54.7 Å². The molecule has 0 N–H and O–H groups in total. The van der Waals surface area contributed by atoms with Gasteiger partial charge in [0, 0.05) is 33.4 Å². The van der Waals surface area contributed by atoms with Crippen LogP contribution in [0.15, 0.2) is 48.5 Å². The predicted molar refractivity (Wildman–Crippen MR) is 113 cm³/mol. The molecule has 0 aliphatic carbocycles. The van der Waals surface area contributed by atoms with Gasteiger partial charge in [0.2, 0.25) is 5.91 Å². The van der Waals surface area contributed by atoms with Gasteiger partial charge in [-0.05, 0) is 35.7 Å². The first-order valence-corrected chi connectivity index (χ1v) is 9.70. The minimum absolute atomic E-state index is 0.205. The molecule has 0 aromatic heterocycles. The molecule has 3 rings (SSSR count). The van der Waals surface area contributed by atoms with Crippen molar-refractivity contribution in [2.75, 3.05) is 26.0 Å². The number of hydrogen-bond donors (Lipinski definition) is 0. The molecule has 6 heteroatoms. The van der Waals surface area contributed by atoms with Crippen LogP contribution in [0.4, 0.5) is 5.69 Å². The van der Waals surface area contributed by atoms with Crippen LogP contribution < -0.4 is 4.90 Å². The van der Waals surface area contributed by atoms with Gasteiger partial charge in [-0.3, -0.25) is 19.3 Å². The largest absolute Gasteiger partial charge is 0.378 e. The van der Waals surface area contributed by atoms with E-state index < -0.39 is 17.9 Å². The van der Waals surface area contributed by atoms with Crippen LogP contribution in [0.1, 0.15) is 40.1 Å². The Bertz CT molecular complexity index is 900. The van der Waals surface area contributed by atoms with Crippen LogP contribution in [0.3, 0.4) is 0 Å². The lowest BCUT2D eigenvalue weighted by molar-refractivity contribution is -0.136. The number of imide groups is 1. The highest BCUT2D eigenvalue weighted by Gasteiger charge is 2.44. The molecule has 0 saturated heterocycles. The SMILES string of the molecule is CC(C)C(C(=O)N(C)Cc1ccc(N(C)C)cc1)N1C(=O)c2ccccc2C1=O. The van der Waals surface area contributed by atoms with Crippen molar-refractivity contribution in [2.45, 2.75) is 26.4 Å². The summed E-state index contributed by atoms with van der Waals surface area (Å²) in [5.74, 6) is -1.25. The van der Waals surface area contributed by atoms with Crippen LogP contribution in [-0.2, 0) is 11.3 Å². The second kappa shape index (κ2) is 8.07. The molecule has 0 saturated carbocycles. The maximum absolute atomic E-state index is 13.3. The maximum atomic E-state index is 13.3. The second-order valence-electron chi connectivity index (χ2n) is 7.97. The standard InChI is InChI=1S/C23H27N3O3/c1-15(2)20(26-21(27)18-8-6-7-9-19(18)22(26)28)23(29)25(5)14-16-10-12-17(13-11-16)24(3)4/h6-13,15,20H,14H2,1-5H3. The van der Waals surface area contributed by atoms with Crippen molar-refractivity contribution in [2.24, 2.45) is 5.92 Å². The fraction of sp³-hybridized carbons (Fsp3) is 0.348. The van der Waals surface area contributed by atoms with Crippen molar-refractivity contribution in [3.63, 3.8) is 0 Å². The van der Waals surface area contributed by atoms with Gasteiger partial charge in [0.05, 0.1) is 11.1 Å². The summed E-state index contributed by atoms with van der Waals surface area (Å²) in [4.78, 5) is 43.7. The van der Waals surface area contributed by atoms with Crippen molar-refractivity contribution in [1.82, 2.24) is 9.80 Å². The van der Waals surface area contributed by atoms with Crippen LogP contribution in [0.2, 0.25) is 0 Å². The highest BCUT2D eigenvalue weighted by Crippen LogP contribution is 2.28. The van der Waals surface area contributed by atoms with Gasteiger partial charge in [0.1, 0.15) is 6.04 Å². The number of rotatable bonds is 6. The van der Waals surface area contributed by atoms with Crippen molar-refractivity contribution in [3.05, 3.63) is 65.2 Å². The molecule has 1 aliphatic rings. The molecule has 0 fully saturated rings. The number of carbonyl (C=O) groups excluding carboxylic acids is 3. The predicted octanol–water partition coefficient (Wildman–Crippen LogP) is 3.03. The lowest BCUT2D eigenvalue weighted by Crippen LogP contribution is -2.52. The first-order valence-electron chi connectivity index (χ1n) is 9.70. The molecule has 1 heterocycles. The summed E-state index contributed by atoms with van der Waals surface area (Å²) < 4.78 is 0. The Kier molecular flexibility index (Phi) is 5.73. The van der Waals surface area contributed by atoms with Gasteiger partial charge in [-0.2, -0.15) is 0 Å². The summed E-state index contributed by atoms with van der Waals surface area (Å²) in [5.41, 5.74) is 2.78. The molecular formula is C23H27N3O3. The molecule has 1 unspecified atom stereocenters. The summed E-state index contributed by atoms with van der Waals surface area (Å²) in [7, 11) is 5.65. The number of amides is 3. The Morgan fingerprint density at radius 2 is 1.41 bits per heavy atom. The summed E-state index contributed by atoms with van der Waals surface area (Å²) in [5, 5.41) is 0. The highest BCUT2D eigenvalue weighted by atomic mass is 16.2. The molecule has 2 aromatic rings. The third-order valence-corrected chi connectivity index (χ3v) is 5.24.